The maximum atomic E-state index is 9.68. The van der Waals surface area contributed by atoms with Crippen LogP contribution in [0.15, 0.2) is 0 Å². The van der Waals surface area contributed by atoms with E-state index in [1.165, 1.54) is 0 Å². The molecular formula is C5H12FNO2. The van der Waals surface area contributed by atoms with Gasteiger partial charge in [0, 0.05) is 11.3 Å². The lowest BCUT2D eigenvalue weighted by Gasteiger charge is -1.88. The van der Waals surface area contributed by atoms with E-state index in [4.69, 9.17) is 0 Å². The third-order valence-electron chi connectivity index (χ3n) is 0.944. The maximum Gasteiger partial charge on any atom is 0.203 e. The lowest BCUT2D eigenvalue weighted by molar-refractivity contribution is -0.480. The minimum absolute atomic E-state index is 0. The number of nitro groups is 1. The zero-order chi connectivity index (χ0) is 6.41. The third kappa shape index (κ3) is 11.1. The van der Waals surface area contributed by atoms with Crippen molar-refractivity contribution >= 4 is 0 Å². The summed E-state index contributed by atoms with van der Waals surface area (Å²) in [5.74, 6) is 0. The third-order valence-corrected chi connectivity index (χ3v) is 0.944. The van der Waals surface area contributed by atoms with Crippen LogP contribution >= 0.6 is 0 Å². The van der Waals surface area contributed by atoms with Gasteiger partial charge in [0.15, 0.2) is 0 Å². The molecule has 0 unspecified atom stereocenters. The summed E-state index contributed by atoms with van der Waals surface area (Å²) in [6.45, 7) is 2.16. The zero-order valence-corrected chi connectivity index (χ0v) is 5.50. The normalized spacial score (nSPS) is 8.11. The predicted octanol–water partition coefficient (Wildman–Crippen LogP) is 1.61. The van der Waals surface area contributed by atoms with Crippen LogP contribution in [0.25, 0.3) is 0 Å². The molecule has 0 aliphatic rings. The number of rotatable bonds is 4. The molecule has 56 valence electrons. The Morgan fingerprint density at radius 1 is 1.44 bits per heavy atom. The first-order valence-corrected chi connectivity index (χ1v) is 2.89. The Morgan fingerprint density at radius 2 is 2.00 bits per heavy atom. The van der Waals surface area contributed by atoms with E-state index < -0.39 is 0 Å². The van der Waals surface area contributed by atoms with E-state index in [0.717, 1.165) is 19.3 Å². The van der Waals surface area contributed by atoms with E-state index in [0.29, 0.717) is 0 Å². The van der Waals surface area contributed by atoms with Crippen LogP contribution in [-0.4, -0.2) is 11.5 Å². The van der Waals surface area contributed by atoms with Crippen LogP contribution in [0.1, 0.15) is 26.2 Å². The van der Waals surface area contributed by atoms with Gasteiger partial charge in [-0.2, -0.15) is 0 Å². The molecule has 0 aliphatic carbocycles. The molecule has 4 heteroatoms. The molecule has 0 aromatic carbocycles. The van der Waals surface area contributed by atoms with Crippen molar-refractivity contribution in [2.24, 2.45) is 0 Å². The molecule has 0 aliphatic heterocycles. The molecule has 0 aromatic rings. The van der Waals surface area contributed by atoms with Crippen molar-refractivity contribution in [3.63, 3.8) is 0 Å². The average molecular weight is 137 g/mol. The summed E-state index contributed by atoms with van der Waals surface area (Å²) >= 11 is 0. The molecule has 0 radical (unpaired) electrons. The fourth-order valence-electron chi connectivity index (χ4n) is 0.491. The molecule has 0 bridgehead atoms. The Kier molecular flexibility index (Phi) is 9.10. The quantitative estimate of drug-likeness (QED) is 0.335. The predicted molar refractivity (Wildman–Crippen MR) is 33.9 cm³/mol. The number of hydrogen-bond acceptors (Lipinski definition) is 2. The van der Waals surface area contributed by atoms with Crippen molar-refractivity contribution in [1.82, 2.24) is 0 Å². The molecule has 0 spiro atoms. The Morgan fingerprint density at radius 3 is 2.33 bits per heavy atom. The highest BCUT2D eigenvalue weighted by Gasteiger charge is 1.92. The molecular weight excluding hydrogens is 125 g/mol. The van der Waals surface area contributed by atoms with E-state index >= 15 is 0 Å². The first-order chi connectivity index (χ1) is 3.77. The van der Waals surface area contributed by atoms with Gasteiger partial charge in [-0.25, -0.2) is 0 Å². The van der Waals surface area contributed by atoms with Gasteiger partial charge in [0.05, 0.1) is 0 Å². The zero-order valence-electron chi connectivity index (χ0n) is 5.50. The summed E-state index contributed by atoms with van der Waals surface area (Å²) in [4.78, 5) is 9.41. The highest BCUT2D eigenvalue weighted by molar-refractivity contribution is 4.33. The molecule has 0 saturated carbocycles. The monoisotopic (exact) mass is 137 g/mol. The van der Waals surface area contributed by atoms with Gasteiger partial charge < -0.3 is 0 Å². The Labute approximate surface area is 53.6 Å². The highest BCUT2D eigenvalue weighted by Crippen LogP contribution is 1.92. The van der Waals surface area contributed by atoms with Crippen LogP contribution in [0.5, 0.6) is 0 Å². The molecule has 0 atom stereocenters. The lowest BCUT2D eigenvalue weighted by Crippen LogP contribution is -1.99. The second kappa shape index (κ2) is 7.33. The molecule has 0 fully saturated rings. The van der Waals surface area contributed by atoms with Crippen molar-refractivity contribution in [3.8, 4) is 0 Å². The van der Waals surface area contributed by atoms with Gasteiger partial charge in [0.25, 0.3) is 0 Å². The second-order valence-corrected chi connectivity index (χ2v) is 1.76. The molecule has 0 heterocycles. The van der Waals surface area contributed by atoms with Gasteiger partial charge in [0.1, 0.15) is 0 Å². The fourth-order valence-corrected chi connectivity index (χ4v) is 0.491. The molecule has 0 N–H and O–H groups in total. The van der Waals surface area contributed by atoms with Gasteiger partial charge in [-0.05, 0) is 6.42 Å². The minimum Gasteiger partial charge on any atom is -0.269 e. The summed E-state index contributed by atoms with van der Waals surface area (Å²) < 4.78 is 0. The summed E-state index contributed by atoms with van der Waals surface area (Å²) in [5, 5.41) is 9.68. The van der Waals surface area contributed by atoms with Crippen LogP contribution in [0.3, 0.4) is 0 Å². The van der Waals surface area contributed by atoms with Gasteiger partial charge in [-0.1, -0.05) is 13.3 Å². The second-order valence-electron chi connectivity index (χ2n) is 1.76. The number of nitrogens with zero attached hydrogens (tertiary/aromatic N) is 1. The fraction of sp³-hybridized carbons (Fsp3) is 1.00. The summed E-state index contributed by atoms with van der Waals surface area (Å²) in [6.07, 6.45) is 2.75. The van der Waals surface area contributed by atoms with Crippen molar-refractivity contribution in [1.29, 1.82) is 0 Å². The maximum absolute atomic E-state index is 9.68. The van der Waals surface area contributed by atoms with Crippen molar-refractivity contribution in [3.05, 3.63) is 10.1 Å². The molecule has 0 saturated heterocycles. The lowest BCUT2D eigenvalue weighted by atomic mass is 10.3. The molecule has 3 nitrogen and oxygen atoms in total. The van der Waals surface area contributed by atoms with Crippen LogP contribution in [-0.2, 0) is 0 Å². The van der Waals surface area contributed by atoms with Gasteiger partial charge in [-0.15, -0.1) is 0 Å². The van der Waals surface area contributed by atoms with Crippen molar-refractivity contribution in [2.45, 2.75) is 26.2 Å². The standard InChI is InChI=1S/C5H11NO2.FH/c1-2-3-4-5-6(7)8;/h2-5H2,1H3;1H. The minimum atomic E-state index is -0.268. The summed E-state index contributed by atoms with van der Waals surface area (Å²) in [5.41, 5.74) is 0. The summed E-state index contributed by atoms with van der Waals surface area (Å²) in [7, 11) is 0. The van der Waals surface area contributed by atoms with E-state index in [2.05, 4.69) is 0 Å². The van der Waals surface area contributed by atoms with Crippen LogP contribution in [0, 0.1) is 10.1 Å². The van der Waals surface area contributed by atoms with Crippen LogP contribution in [0.4, 0.5) is 4.70 Å². The molecule has 0 aromatic heterocycles. The Hall–Kier alpha value is -0.670. The van der Waals surface area contributed by atoms with E-state index in [9.17, 15) is 10.1 Å². The Bertz CT molecular complexity index is 77.4. The number of hydrogen-bond donors (Lipinski definition) is 0. The average Bonchev–Trinajstić information content (AvgIpc) is 1.66. The Balaban J connectivity index is 0. The van der Waals surface area contributed by atoms with E-state index in [1.54, 1.807) is 0 Å². The van der Waals surface area contributed by atoms with E-state index in [-0.39, 0.29) is 16.2 Å². The van der Waals surface area contributed by atoms with Crippen LogP contribution < -0.4 is 0 Å². The largest absolute Gasteiger partial charge is 0.269 e. The van der Waals surface area contributed by atoms with Gasteiger partial charge in [-0.3, -0.25) is 14.8 Å². The first kappa shape index (κ1) is 11.2. The van der Waals surface area contributed by atoms with Crippen LogP contribution in [0.2, 0.25) is 0 Å². The smallest absolute Gasteiger partial charge is 0.203 e. The van der Waals surface area contributed by atoms with Crippen molar-refractivity contribution < 1.29 is 9.63 Å². The number of unbranched alkanes of at least 4 members (excludes halogenated alkanes) is 2. The highest BCUT2D eigenvalue weighted by atomic mass is 19.0. The summed E-state index contributed by atoms with van der Waals surface area (Å²) in [6, 6.07) is 0. The molecule has 0 rings (SSSR count). The van der Waals surface area contributed by atoms with Crippen molar-refractivity contribution in [2.75, 3.05) is 6.54 Å². The topological polar surface area (TPSA) is 43.1 Å². The van der Waals surface area contributed by atoms with Gasteiger partial charge >= 0.3 is 0 Å². The number of halogens is 1. The molecule has 0 amide bonds. The molecule has 9 heavy (non-hydrogen) atoms. The first-order valence-electron chi connectivity index (χ1n) is 2.89. The SMILES string of the molecule is CCCCC[N+](=O)[O-].F. The van der Waals surface area contributed by atoms with E-state index in [1.807, 2.05) is 6.92 Å². The van der Waals surface area contributed by atoms with Gasteiger partial charge in [0.2, 0.25) is 6.54 Å².